The quantitative estimate of drug-likeness (QED) is 0.681. The first-order valence-electron chi connectivity index (χ1n) is 10.6. The minimum Gasteiger partial charge on any atom is -0.496 e. The summed E-state index contributed by atoms with van der Waals surface area (Å²) in [6.07, 6.45) is 1.89. The van der Waals surface area contributed by atoms with Gasteiger partial charge < -0.3 is 19.5 Å². The van der Waals surface area contributed by atoms with Gasteiger partial charge in [-0.05, 0) is 44.9 Å². The van der Waals surface area contributed by atoms with Gasteiger partial charge in [-0.3, -0.25) is 9.69 Å². The molecule has 0 radical (unpaired) electrons. The molecule has 162 valence electrons. The van der Waals surface area contributed by atoms with Crippen molar-refractivity contribution in [2.24, 2.45) is 0 Å². The number of nitrogens with one attached hydrogen (secondary N) is 1. The second kappa shape index (κ2) is 10.9. The number of piperidine rings is 1. The lowest BCUT2D eigenvalue weighted by Gasteiger charge is -2.35. The van der Waals surface area contributed by atoms with E-state index >= 15 is 0 Å². The fourth-order valence-electron chi connectivity index (χ4n) is 3.73. The maximum Gasteiger partial charge on any atom is 0.237 e. The number of carbonyl (C=O) groups excluding carboxylic acids is 1. The van der Waals surface area contributed by atoms with E-state index in [-0.39, 0.29) is 18.1 Å². The Bertz CT molecular complexity index is 818. The van der Waals surface area contributed by atoms with Gasteiger partial charge in [-0.15, -0.1) is 0 Å². The number of hydrogen-bond acceptors (Lipinski definition) is 5. The van der Waals surface area contributed by atoms with E-state index in [9.17, 15) is 4.79 Å². The molecular formula is C24H32N2O4. The van der Waals surface area contributed by atoms with E-state index in [1.165, 1.54) is 0 Å². The summed E-state index contributed by atoms with van der Waals surface area (Å²) < 4.78 is 17.2. The summed E-state index contributed by atoms with van der Waals surface area (Å²) >= 11 is 0. The fraction of sp³-hybridized carbons (Fsp3) is 0.458. The molecule has 1 fully saturated rings. The van der Waals surface area contributed by atoms with Gasteiger partial charge in [0.05, 0.1) is 19.8 Å². The first-order valence-corrected chi connectivity index (χ1v) is 10.6. The number of para-hydroxylation sites is 3. The van der Waals surface area contributed by atoms with Crippen LogP contribution in [0.1, 0.15) is 32.3 Å². The number of ether oxygens (including phenoxy) is 3. The zero-order valence-electron chi connectivity index (χ0n) is 18.1. The number of benzene rings is 2. The first-order chi connectivity index (χ1) is 14.6. The normalized spacial score (nSPS) is 16.0. The van der Waals surface area contributed by atoms with Gasteiger partial charge in [0.1, 0.15) is 11.9 Å². The Labute approximate surface area is 179 Å². The molecular weight excluding hydrogens is 380 g/mol. The van der Waals surface area contributed by atoms with Crippen molar-refractivity contribution >= 4 is 5.91 Å². The van der Waals surface area contributed by atoms with Crippen LogP contribution in [0, 0.1) is 0 Å². The summed E-state index contributed by atoms with van der Waals surface area (Å²) in [5, 5.41) is 3.03. The van der Waals surface area contributed by atoms with Crippen molar-refractivity contribution in [1.29, 1.82) is 0 Å². The van der Waals surface area contributed by atoms with E-state index in [0.29, 0.717) is 13.2 Å². The molecule has 1 saturated heterocycles. The van der Waals surface area contributed by atoms with Crippen LogP contribution in [0.3, 0.4) is 0 Å². The second-order valence-corrected chi connectivity index (χ2v) is 7.44. The summed E-state index contributed by atoms with van der Waals surface area (Å²) in [5.41, 5.74) is 0.973. The molecule has 0 bridgehead atoms. The van der Waals surface area contributed by atoms with Crippen LogP contribution in [0.25, 0.3) is 0 Å². The Balaban J connectivity index is 1.48. The summed E-state index contributed by atoms with van der Waals surface area (Å²) in [5.74, 6) is 2.39. The Morgan fingerprint density at radius 3 is 2.37 bits per heavy atom. The molecule has 1 N–H and O–H groups in total. The number of hydrogen-bond donors (Lipinski definition) is 1. The van der Waals surface area contributed by atoms with Crippen molar-refractivity contribution in [3.05, 3.63) is 54.1 Å². The molecule has 0 spiro atoms. The van der Waals surface area contributed by atoms with Crippen LogP contribution < -0.4 is 19.5 Å². The minimum atomic E-state index is -0.184. The Hall–Kier alpha value is -2.73. The van der Waals surface area contributed by atoms with Gasteiger partial charge in [0.15, 0.2) is 11.5 Å². The SMILES string of the molecule is CCOc1ccccc1OC1CCN(C(C)C(=O)NCc2ccccc2OC)CC1. The molecule has 0 saturated carbocycles. The molecule has 2 aromatic rings. The largest absolute Gasteiger partial charge is 0.496 e. The zero-order chi connectivity index (χ0) is 21.3. The van der Waals surface area contributed by atoms with Crippen molar-refractivity contribution in [1.82, 2.24) is 10.2 Å². The van der Waals surface area contributed by atoms with Gasteiger partial charge in [-0.2, -0.15) is 0 Å². The Kier molecular flexibility index (Phi) is 7.97. The minimum absolute atomic E-state index is 0.0296. The van der Waals surface area contributed by atoms with Crippen LogP contribution in [0.15, 0.2) is 48.5 Å². The highest BCUT2D eigenvalue weighted by molar-refractivity contribution is 5.81. The summed E-state index contributed by atoms with van der Waals surface area (Å²) in [4.78, 5) is 14.9. The summed E-state index contributed by atoms with van der Waals surface area (Å²) in [6.45, 7) is 6.65. The van der Waals surface area contributed by atoms with E-state index in [1.807, 2.05) is 62.4 Å². The third kappa shape index (κ3) is 5.66. The maximum atomic E-state index is 12.7. The molecule has 1 aliphatic rings. The van der Waals surface area contributed by atoms with Crippen LogP contribution in [0.4, 0.5) is 0 Å². The third-order valence-electron chi connectivity index (χ3n) is 5.49. The van der Waals surface area contributed by atoms with Crippen molar-refractivity contribution in [2.75, 3.05) is 26.8 Å². The van der Waals surface area contributed by atoms with Gasteiger partial charge in [-0.1, -0.05) is 30.3 Å². The number of carbonyl (C=O) groups is 1. The second-order valence-electron chi connectivity index (χ2n) is 7.44. The van der Waals surface area contributed by atoms with Crippen molar-refractivity contribution in [3.8, 4) is 17.2 Å². The van der Waals surface area contributed by atoms with Gasteiger partial charge in [-0.25, -0.2) is 0 Å². The first kappa shape index (κ1) is 22.0. The zero-order valence-corrected chi connectivity index (χ0v) is 18.1. The van der Waals surface area contributed by atoms with Crippen LogP contribution >= 0.6 is 0 Å². The molecule has 1 amide bonds. The summed E-state index contributed by atoms with van der Waals surface area (Å²) in [6, 6.07) is 15.3. The van der Waals surface area contributed by atoms with E-state index in [0.717, 1.165) is 48.7 Å². The highest BCUT2D eigenvalue weighted by Crippen LogP contribution is 2.29. The molecule has 1 aliphatic heterocycles. The molecule has 6 nitrogen and oxygen atoms in total. The molecule has 0 aromatic heterocycles. The lowest BCUT2D eigenvalue weighted by Crippen LogP contribution is -2.49. The molecule has 1 heterocycles. The predicted molar refractivity (Wildman–Crippen MR) is 117 cm³/mol. The number of methoxy groups -OCH3 is 1. The van der Waals surface area contributed by atoms with Crippen LogP contribution in [0.5, 0.6) is 17.2 Å². The van der Waals surface area contributed by atoms with Crippen molar-refractivity contribution in [2.45, 2.75) is 45.4 Å². The third-order valence-corrected chi connectivity index (χ3v) is 5.49. The smallest absolute Gasteiger partial charge is 0.237 e. The average Bonchev–Trinajstić information content (AvgIpc) is 2.79. The van der Waals surface area contributed by atoms with Crippen molar-refractivity contribution in [3.63, 3.8) is 0 Å². The topological polar surface area (TPSA) is 60.0 Å². The average molecular weight is 413 g/mol. The number of amides is 1. The number of likely N-dealkylation sites (tertiary alicyclic amines) is 1. The van der Waals surface area contributed by atoms with Gasteiger partial charge in [0.2, 0.25) is 5.91 Å². The Morgan fingerprint density at radius 2 is 1.70 bits per heavy atom. The van der Waals surface area contributed by atoms with E-state index in [1.54, 1.807) is 7.11 Å². The summed E-state index contributed by atoms with van der Waals surface area (Å²) in [7, 11) is 1.64. The molecule has 30 heavy (non-hydrogen) atoms. The monoisotopic (exact) mass is 412 g/mol. The van der Waals surface area contributed by atoms with E-state index in [2.05, 4.69) is 10.2 Å². The number of rotatable bonds is 9. The highest BCUT2D eigenvalue weighted by Gasteiger charge is 2.27. The number of nitrogens with zero attached hydrogens (tertiary/aromatic N) is 1. The molecule has 6 heteroatoms. The van der Waals surface area contributed by atoms with E-state index < -0.39 is 0 Å². The van der Waals surface area contributed by atoms with Gasteiger partial charge in [0.25, 0.3) is 0 Å². The van der Waals surface area contributed by atoms with Gasteiger partial charge in [0, 0.05) is 25.2 Å². The van der Waals surface area contributed by atoms with Gasteiger partial charge >= 0.3 is 0 Å². The highest BCUT2D eigenvalue weighted by atomic mass is 16.5. The van der Waals surface area contributed by atoms with E-state index in [4.69, 9.17) is 14.2 Å². The Morgan fingerprint density at radius 1 is 1.07 bits per heavy atom. The molecule has 3 rings (SSSR count). The van der Waals surface area contributed by atoms with Crippen LogP contribution in [-0.2, 0) is 11.3 Å². The fourth-order valence-corrected chi connectivity index (χ4v) is 3.73. The lowest BCUT2D eigenvalue weighted by molar-refractivity contribution is -0.126. The molecule has 2 aromatic carbocycles. The van der Waals surface area contributed by atoms with Crippen molar-refractivity contribution < 1.29 is 19.0 Å². The maximum absolute atomic E-state index is 12.7. The molecule has 1 unspecified atom stereocenters. The molecule has 1 atom stereocenters. The molecule has 0 aliphatic carbocycles. The lowest BCUT2D eigenvalue weighted by atomic mass is 10.1. The standard InChI is InChI=1S/C24H32N2O4/c1-4-29-22-11-7-8-12-23(22)30-20-13-15-26(16-14-20)18(2)24(27)25-17-19-9-5-6-10-21(19)28-3/h5-12,18,20H,4,13-17H2,1-3H3,(H,25,27). The predicted octanol–water partition coefficient (Wildman–Crippen LogP) is 3.64. The van der Waals surface area contributed by atoms with Crippen LogP contribution in [-0.4, -0.2) is 49.8 Å². The van der Waals surface area contributed by atoms with Crippen LogP contribution in [0.2, 0.25) is 0 Å².